The van der Waals surface area contributed by atoms with Gasteiger partial charge in [-0.3, -0.25) is 9.36 Å². The maximum Gasteiger partial charge on any atom is 0.237 e. The summed E-state index contributed by atoms with van der Waals surface area (Å²) in [5, 5.41) is 12.2. The van der Waals surface area contributed by atoms with Crippen LogP contribution in [-0.2, 0) is 4.79 Å². The molecule has 0 radical (unpaired) electrons. The number of benzene rings is 1. The van der Waals surface area contributed by atoms with Crippen LogP contribution < -0.4 is 10.1 Å². The SMILES string of the molecule is CCOc1ccc(NC(=O)C(C)Sc2nnc(-c3ccco3)n2C2CCCCC2)cc1. The van der Waals surface area contributed by atoms with Crippen LogP contribution in [0.4, 0.5) is 5.69 Å². The van der Waals surface area contributed by atoms with Crippen molar-refractivity contribution in [2.24, 2.45) is 0 Å². The highest BCUT2D eigenvalue weighted by Gasteiger charge is 2.27. The van der Waals surface area contributed by atoms with Crippen molar-refractivity contribution in [1.82, 2.24) is 14.8 Å². The Hall–Kier alpha value is -2.74. The first-order valence-corrected chi connectivity index (χ1v) is 11.7. The Bertz CT molecular complexity index is 979. The molecule has 1 aromatic carbocycles. The minimum atomic E-state index is -0.331. The van der Waals surface area contributed by atoms with E-state index in [0.29, 0.717) is 18.4 Å². The van der Waals surface area contributed by atoms with Gasteiger partial charge in [0.05, 0.1) is 18.1 Å². The number of aromatic nitrogens is 3. The molecule has 31 heavy (non-hydrogen) atoms. The van der Waals surface area contributed by atoms with E-state index in [2.05, 4.69) is 20.1 Å². The zero-order valence-electron chi connectivity index (χ0n) is 17.9. The van der Waals surface area contributed by atoms with E-state index in [1.54, 1.807) is 6.26 Å². The molecule has 0 bridgehead atoms. The van der Waals surface area contributed by atoms with Gasteiger partial charge in [0.15, 0.2) is 10.9 Å². The molecule has 1 saturated carbocycles. The molecule has 1 amide bonds. The van der Waals surface area contributed by atoms with Gasteiger partial charge >= 0.3 is 0 Å². The van der Waals surface area contributed by atoms with Crippen LogP contribution in [0.1, 0.15) is 52.0 Å². The average Bonchev–Trinajstić information content (AvgIpc) is 3.46. The molecular formula is C23H28N4O3S. The van der Waals surface area contributed by atoms with Gasteiger partial charge in [0.25, 0.3) is 0 Å². The second-order valence-corrected chi connectivity index (χ2v) is 8.96. The third-order valence-corrected chi connectivity index (χ3v) is 6.49. The molecule has 4 rings (SSSR count). The highest BCUT2D eigenvalue weighted by atomic mass is 32.2. The molecule has 2 aromatic heterocycles. The summed E-state index contributed by atoms with van der Waals surface area (Å²) in [6, 6.07) is 11.5. The molecule has 1 atom stereocenters. The number of ether oxygens (including phenoxy) is 1. The molecule has 1 fully saturated rings. The van der Waals surface area contributed by atoms with E-state index in [-0.39, 0.29) is 11.2 Å². The number of nitrogens with one attached hydrogen (secondary N) is 1. The molecule has 0 spiro atoms. The van der Waals surface area contributed by atoms with Crippen molar-refractivity contribution >= 4 is 23.4 Å². The smallest absolute Gasteiger partial charge is 0.237 e. The van der Waals surface area contributed by atoms with E-state index in [1.165, 1.54) is 31.0 Å². The highest BCUT2D eigenvalue weighted by Crippen LogP contribution is 2.36. The fourth-order valence-electron chi connectivity index (χ4n) is 3.86. The standard InChI is InChI=1S/C23H28N4O3S/c1-3-29-19-13-11-17(12-14-19)24-22(28)16(2)31-23-26-25-21(20-10-7-15-30-20)27(23)18-8-5-4-6-9-18/h7,10-16,18H,3-6,8-9H2,1-2H3,(H,24,28). The molecule has 1 N–H and O–H groups in total. The predicted octanol–water partition coefficient (Wildman–Crippen LogP) is 5.56. The summed E-state index contributed by atoms with van der Waals surface area (Å²) in [4.78, 5) is 12.8. The summed E-state index contributed by atoms with van der Waals surface area (Å²) in [6.45, 7) is 4.44. The monoisotopic (exact) mass is 440 g/mol. The Morgan fingerprint density at radius 3 is 2.68 bits per heavy atom. The summed E-state index contributed by atoms with van der Waals surface area (Å²) in [5.74, 6) is 2.15. The summed E-state index contributed by atoms with van der Waals surface area (Å²) >= 11 is 1.43. The number of carbonyl (C=O) groups excluding carboxylic acids is 1. The third kappa shape index (κ3) is 5.12. The van der Waals surface area contributed by atoms with E-state index in [9.17, 15) is 4.79 Å². The molecular weight excluding hydrogens is 412 g/mol. The minimum absolute atomic E-state index is 0.0769. The first kappa shape index (κ1) is 21.5. The van der Waals surface area contributed by atoms with Crippen LogP contribution in [0, 0.1) is 0 Å². The Morgan fingerprint density at radius 2 is 2.00 bits per heavy atom. The van der Waals surface area contributed by atoms with Gasteiger partial charge < -0.3 is 14.5 Å². The van der Waals surface area contributed by atoms with Gasteiger partial charge in [0, 0.05) is 11.7 Å². The van der Waals surface area contributed by atoms with Gasteiger partial charge in [-0.05, 0) is 63.1 Å². The summed E-state index contributed by atoms with van der Waals surface area (Å²) < 4.78 is 13.2. The van der Waals surface area contributed by atoms with Crippen LogP contribution in [-0.4, -0.2) is 32.5 Å². The first-order valence-electron chi connectivity index (χ1n) is 10.8. The number of amides is 1. The van der Waals surface area contributed by atoms with Crippen molar-refractivity contribution in [3.05, 3.63) is 42.7 Å². The first-order chi connectivity index (χ1) is 15.2. The maximum atomic E-state index is 12.8. The summed E-state index contributed by atoms with van der Waals surface area (Å²) in [7, 11) is 0. The number of furan rings is 1. The normalized spacial score (nSPS) is 15.5. The van der Waals surface area contributed by atoms with Crippen molar-refractivity contribution in [3.8, 4) is 17.3 Å². The van der Waals surface area contributed by atoms with E-state index in [4.69, 9.17) is 9.15 Å². The fraction of sp³-hybridized carbons (Fsp3) is 0.435. The van der Waals surface area contributed by atoms with E-state index >= 15 is 0 Å². The van der Waals surface area contributed by atoms with Crippen molar-refractivity contribution in [2.45, 2.75) is 62.4 Å². The van der Waals surface area contributed by atoms with Crippen molar-refractivity contribution in [1.29, 1.82) is 0 Å². The zero-order valence-corrected chi connectivity index (χ0v) is 18.7. The van der Waals surface area contributed by atoms with Crippen molar-refractivity contribution in [3.63, 3.8) is 0 Å². The summed E-state index contributed by atoms with van der Waals surface area (Å²) in [5.41, 5.74) is 0.742. The van der Waals surface area contributed by atoms with Gasteiger partial charge in [0.1, 0.15) is 5.75 Å². The van der Waals surface area contributed by atoms with Crippen LogP contribution in [0.3, 0.4) is 0 Å². The largest absolute Gasteiger partial charge is 0.494 e. The van der Waals surface area contributed by atoms with Gasteiger partial charge in [-0.15, -0.1) is 10.2 Å². The maximum absolute atomic E-state index is 12.8. The van der Waals surface area contributed by atoms with Gasteiger partial charge in [0.2, 0.25) is 11.7 Å². The lowest BCUT2D eigenvalue weighted by Gasteiger charge is -2.25. The number of thioether (sulfide) groups is 1. The molecule has 0 aliphatic heterocycles. The molecule has 2 heterocycles. The Morgan fingerprint density at radius 1 is 1.23 bits per heavy atom. The topological polar surface area (TPSA) is 82.2 Å². The number of nitrogens with zero attached hydrogens (tertiary/aromatic N) is 3. The number of hydrogen-bond donors (Lipinski definition) is 1. The number of rotatable bonds is 8. The summed E-state index contributed by atoms with van der Waals surface area (Å²) in [6.07, 6.45) is 7.47. The lowest BCUT2D eigenvalue weighted by molar-refractivity contribution is -0.115. The lowest BCUT2D eigenvalue weighted by Crippen LogP contribution is -2.23. The average molecular weight is 441 g/mol. The molecule has 3 aromatic rings. The molecule has 0 saturated heterocycles. The fourth-order valence-corrected chi connectivity index (χ4v) is 4.78. The Labute approximate surface area is 186 Å². The number of anilines is 1. The lowest BCUT2D eigenvalue weighted by atomic mass is 9.95. The third-order valence-electron chi connectivity index (χ3n) is 5.43. The van der Waals surface area contributed by atoms with Crippen LogP contribution in [0.15, 0.2) is 52.2 Å². The van der Waals surface area contributed by atoms with Gasteiger partial charge in [-0.25, -0.2) is 0 Å². The van der Waals surface area contributed by atoms with Crippen LogP contribution in [0.25, 0.3) is 11.6 Å². The minimum Gasteiger partial charge on any atom is -0.494 e. The second-order valence-electron chi connectivity index (χ2n) is 7.65. The molecule has 8 heteroatoms. The van der Waals surface area contributed by atoms with E-state index in [1.807, 2.05) is 50.2 Å². The molecule has 1 aliphatic carbocycles. The van der Waals surface area contributed by atoms with Crippen LogP contribution in [0.5, 0.6) is 5.75 Å². The van der Waals surface area contributed by atoms with Crippen molar-refractivity contribution in [2.75, 3.05) is 11.9 Å². The van der Waals surface area contributed by atoms with Crippen LogP contribution >= 0.6 is 11.8 Å². The van der Waals surface area contributed by atoms with E-state index < -0.39 is 0 Å². The van der Waals surface area contributed by atoms with Gasteiger partial charge in [-0.1, -0.05) is 31.0 Å². The number of hydrogen-bond acceptors (Lipinski definition) is 6. The highest BCUT2D eigenvalue weighted by molar-refractivity contribution is 8.00. The Kier molecular flexibility index (Phi) is 6.96. The predicted molar refractivity (Wildman–Crippen MR) is 121 cm³/mol. The van der Waals surface area contributed by atoms with Crippen molar-refractivity contribution < 1.29 is 13.9 Å². The van der Waals surface area contributed by atoms with Crippen LogP contribution in [0.2, 0.25) is 0 Å². The zero-order chi connectivity index (χ0) is 21.6. The molecule has 1 unspecified atom stereocenters. The molecule has 7 nitrogen and oxygen atoms in total. The number of carbonyl (C=O) groups is 1. The Balaban J connectivity index is 1.49. The second kappa shape index (κ2) is 10.0. The van der Waals surface area contributed by atoms with E-state index in [0.717, 1.165) is 35.3 Å². The quantitative estimate of drug-likeness (QED) is 0.462. The molecule has 1 aliphatic rings. The molecule has 164 valence electrons. The van der Waals surface area contributed by atoms with Gasteiger partial charge in [-0.2, -0.15) is 0 Å².